The Kier molecular flexibility index (Phi) is 6.43. The van der Waals surface area contributed by atoms with Gasteiger partial charge in [-0.05, 0) is 42.5 Å². The van der Waals surface area contributed by atoms with Gasteiger partial charge in [0.05, 0.1) is 10.0 Å². The first kappa shape index (κ1) is 20.6. The van der Waals surface area contributed by atoms with E-state index in [-0.39, 0.29) is 5.91 Å². The van der Waals surface area contributed by atoms with Crippen molar-refractivity contribution in [1.29, 1.82) is 0 Å². The number of fused-ring (bicyclic) bond motifs is 1. The van der Waals surface area contributed by atoms with Crippen molar-refractivity contribution in [1.82, 2.24) is 9.47 Å². The Balaban J connectivity index is 1.51. The number of para-hydroxylation sites is 1. The molecule has 3 aromatic rings. The average Bonchev–Trinajstić information content (AvgIpc) is 3.07. The lowest BCUT2D eigenvalue weighted by molar-refractivity contribution is -0.133. The van der Waals surface area contributed by atoms with Crippen LogP contribution in [0.4, 0.5) is 0 Å². The fourth-order valence-electron chi connectivity index (χ4n) is 3.75. The molecule has 1 saturated heterocycles. The Morgan fingerprint density at radius 3 is 2.62 bits per heavy atom. The first-order chi connectivity index (χ1) is 14.0. The van der Waals surface area contributed by atoms with Gasteiger partial charge in [0.25, 0.3) is 0 Å². The number of carbonyl (C=O) groups excluding carboxylic acids is 1. The van der Waals surface area contributed by atoms with Gasteiger partial charge in [0.2, 0.25) is 5.91 Å². The van der Waals surface area contributed by atoms with Gasteiger partial charge in [-0.1, -0.05) is 54.4 Å². The Labute approximate surface area is 186 Å². The van der Waals surface area contributed by atoms with Crippen LogP contribution in [0.25, 0.3) is 10.9 Å². The minimum atomic E-state index is 0.207. The van der Waals surface area contributed by atoms with Crippen LogP contribution >= 0.6 is 35.0 Å². The van der Waals surface area contributed by atoms with Crippen LogP contribution in [0.15, 0.2) is 53.6 Å². The zero-order valence-electron chi connectivity index (χ0n) is 16.4. The Bertz CT molecular complexity index is 1020. The van der Waals surface area contributed by atoms with Crippen LogP contribution in [0.1, 0.15) is 25.3 Å². The standard InChI is InChI=1S/C23H24Cl2N2OS/c1-16-8-10-26(11-9-16)23(28)14-27-13-22(18-4-2-3-5-21(18)27)29-15-17-6-7-19(24)20(25)12-17/h2-7,12-13,16H,8-11,14-15H2,1H3. The summed E-state index contributed by atoms with van der Waals surface area (Å²) in [6.45, 7) is 4.40. The lowest BCUT2D eigenvalue weighted by atomic mass is 9.99. The number of hydrogen-bond donors (Lipinski definition) is 0. The molecule has 2 aromatic carbocycles. The third-order valence-corrected chi connectivity index (χ3v) is 7.43. The molecule has 1 amide bonds. The summed E-state index contributed by atoms with van der Waals surface area (Å²) in [7, 11) is 0. The average molecular weight is 447 g/mol. The van der Waals surface area contributed by atoms with Crippen molar-refractivity contribution in [3.05, 3.63) is 64.3 Å². The molecule has 0 unspecified atom stereocenters. The van der Waals surface area contributed by atoms with Gasteiger partial charge in [-0.3, -0.25) is 4.79 Å². The summed E-state index contributed by atoms with van der Waals surface area (Å²) in [6, 6.07) is 14.0. The molecule has 1 aliphatic rings. The van der Waals surface area contributed by atoms with E-state index in [2.05, 4.69) is 29.8 Å². The molecular weight excluding hydrogens is 423 g/mol. The van der Waals surface area contributed by atoms with Crippen LogP contribution in [-0.4, -0.2) is 28.5 Å². The Morgan fingerprint density at radius 2 is 1.86 bits per heavy atom. The zero-order valence-corrected chi connectivity index (χ0v) is 18.7. The number of likely N-dealkylation sites (tertiary alicyclic amines) is 1. The molecule has 3 nitrogen and oxygen atoms in total. The van der Waals surface area contributed by atoms with Crippen molar-refractivity contribution >= 4 is 51.8 Å². The lowest BCUT2D eigenvalue weighted by Gasteiger charge is -2.30. The highest BCUT2D eigenvalue weighted by molar-refractivity contribution is 7.98. The molecule has 0 bridgehead atoms. The largest absolute Gasteiger partial charge is 0.341 e. The van der Waals surface area contributed by atoms with Crippen molar-refractivity contribution in [2.24, 2.45) is 5.92 Å². The molecule has 1 fully saturated rings. The number of aromatic nitrogens is 1. The van der Waals surface area contributed by atoms with Gasteiger partial charge in [0.1, 0.15) is 6.54 Å². The van der Waals surface area contributed by atoms with Crippen LogP contribution < -0.4 is 0 Å². The monoisotopic (exact) mass is 446 g/mol. The van der Waals surface area contributed by atoms with Gasteiger partial charge in [-0.15, -0.1) is 11.8 Å². The van der Waals surface area contributed by atoms with Gasteiger partial charge in [0, 0.05) is 40.8 Å². The summed E-state index contributed by atoms with van der Waals surface area (Å²) in [5.74, 6) is 1.72. The molecule has 0 N–H and O–H groups in total. The third kappa shape index (κ3) is 4.76. The second-order valence-corrected chi connectivity index (χ2v) is 9.57. The van der Waals surface area contributed by atoms with Crippen molar-refractivity contribution < 1.29 is 4.79 Å². The Hall–Kier alpha value is -1.62. The van der Waals surface area contributed by atoms with Gasteiger partial charge < -0.3 is 9.47 Å². The van der Waals surface area contributed by atoms with Gasteiger partial charge >= 0.3 is 0 Å². The van der Waals surface area contributed by atoms with Crippen LogP contribution in [0.5, 0.6) is 0 Å². The summed E-state index contributed by atoms with van der Waals surface area (Å²) in [5, 5.41) is 2.33. The van der Waals surface area contributed by atoms with Crippen molar-refractivity contribution in [2.45, 2.75) is 37.0 Å². The predicted octanol–water partition coefficient (Wildman–Crippen LogP) is 6.50. The summed E-state index contributed by atoms with van der Waals surface area (Å²) in [4.78, 5) is 16.0. The molecule has 1 aromatic heterocycles. The molecule has 0 atom stereocenters. The number of rotatable bonds is 5. The lowest BCUT2D eigenvalue weighted by Crippen LogP contribution is -2.39. The van der Waals surface area contributed by atoms with Crippen molar-refractivity contribution in [2.75, 3.05) is 13.1 Å². The normalized spacial score (nSPS) is 15.2. The fourth-order valence-corrected chi connectivity index (χ4v) is 5.11. The number of halogens is 2. The molecular formula is C23H24Cl2N2OS. The highest BCUT2D eigenvalue weighted by Gasteiger charge is 2.21. The maximum absolute atomic E-state index is 12.8. The van der Waals surface area contributed by atoms with Crippen LogP contribution in [-0.2, 0) is 17.1 Å². The topological polar surface area (TPSA) is 25.2 Å². The maximum Gasteiger partial charge on any atom is 0.242 e. The molecule has 0 radical (unpaired) electrons. The fraction of sp³-hybridized carbons (Fsp3) is 0.348. The SMILES string of the molecule is CC1CCN(C(=O)Cn2cc(SCc3ccc(Cl)c(Cl)c3)c3ccccc32)CC1. The number of amides is 1. The first-order valence-electron chi connectivity index (χ1n) is 9.93. The van der Waals surface area contributed by atoms with E-state index < -0.39 is 0 Å². The van der Waals surface area contributed by atoms with Gasteiger partial charge in [0.15, 0.2) is 0 Å². The highest BCUT2D eigenvalue weighted by Crippen LogP contribution is 2.33. The molecule has 4 rings (SSSR count). The summed E-state index contributed by atoms with van der Waals surface area (Å²) in [5.41, 5.74) is 2.22. The van der Waals surface area contributed by atoms with E-state index in [0.29, 0.717) is 16.6 Å². The van der Waals surface area contributed by atoms with E-state index in [4.69, 9.17) is 23.2 Å². The van der Waals surface area contributed by atoms with Crippen molar-refractivity contribution in [3.8, 4) is 0 Å². The van der Waals surface area contributed by atoms with Crippen LogP contribution in [0.2, 0.25) is 10.0 Å². The molecule has 6 heteroatoms. The number of thioether (sulfide) groups is 1. The van der Waals surface area contributed by atoms with E-state index in [1.165, 1.54) is 10.3 Å². The van der Waals surface area contributed by atoms with E-state index in [0.717, 1.165) is 48.7 Å². The second kappa shape index (κ2) is 9.03. The number of nitrogens with zero attached hydrogens (tertiary/aromatic N) is 2. The van der Waals surface area contributed by atoms with E-state index in [1.54, 1.807) is 11.8 Å². The number of hydrogen-bond acceptors (Lipinski definition) is 2. The Morgan fingerprint density at radius 1 is 1.10 bits per heavy atom. The molecule has 1 aliphatic heterocycles. The maximum atomic E-state index is 12.8. The minimum Gasteiger partial charge on any atom is -0.341 e. The smallest absolute Gasteiger partial charge is 0.242 e. The van der Waals surface area contributed by atoms with Crippen LogP contribution in [0, 0.1) is 5.92 Å². The molecule has 2 heterocycles. The third-order valence-electron chi connectivity index (χ3n) is 5.57. The minimum absolute atomic E-state index is 0.207. The molecule has 0 aliphatic carbocycles. The second-order valence-electron chi connectivity index (χ2n) is 7.74. The summed E-state index contributed by atoms with van der Waals surface area (Å²) in [6.07, 6.45) is 4.31. The number of carbonyl (C=O) groups is 1. The number of piperidine rings is 1. The zero-order chi connectivity index (χ0) is 20.4. The molecule has 152 valence electrons. The quantitative estimate of drug-likeness (QED) is 0.417. The highest BCUT2D eigenvalue weighted by atomic mass is 35.5. The molecule has 29 heavy (non-hydrogen) atoms. The molecule has 0 saturated carbocycles. The molecule has 0 spiro atoms. The van der Waals surface area contributed by atoms with E-state index in [1.807, 2.05) is 35.2 Å². The first-order valence-corrected chi connectivity index (χ1v) is 11.7. The number of benzene rings is 2. The van der Waals surface area contributed by atoms with Crippen LogP contribution in [0.3, 0.4) is 0 Å². The summed E-state index contributed by atoms with van der Waals surface area (Å²) >= 11 is 13.9. The van der Waals surface area contributed by atoms with E-state index >= 15 is 0 Å². The van der Waals surface area contributed by atoms with Gasteiger partial charge in [-0.25, -0.2) is 0 Å². The van der Waals surface area contributed by atoms with E-state index in [9.17, 15) is 4.79 Å². The van der Waals surface area contributed by atoms with Crippen molar-refractivity contribution in [3.63, 3.8) is 0 Å². The van der Waals surface area contributed by atoms with Gasteiger partial charge in [-0.2, -0.15) is 0 Å². The predicted molar refractivity (Wildman–Crippen MR) is 123 cm³/mol. The summed E-state index contributed by atoms with van der Waals surface area (Å²) < 4.78 is 2.09.